The molecular weight excluding hydrogens is 409 g/mol. The van der Waals surface area contributed by atoms with Crippen LogP contribution in [-0.4, -0.2) is 23.0 Å². The van der Waals surface area contributed by atoms with Gasteiger partial charge in [-0.15, -0.1) is 11.3 Å². The third-order valence-electron chi connectivity index (χ3n) is 5.21. The van der Waals surface area contributed by atoms with Crippen molar-refractivity contribution in [1.29, 1.82) is 5.26 Å². The Hall–Kier alpha value is -1.90. The number of piperidine rings is 1. The van der Waals surface area contributed by atoms with E-state index in [0.717, 1.165) is 54.9 Å². The van der Waals surface area contributed by atoms with Crippen LogP contribution in [0, 0.1) is 11.3 Å². The molecule has 0 atom stereocenters. The number of hydrogen-bond acceptors (Lipinski definition) is 4. The summed E-state index contributed by atoms with van der Waals surface area (Å²) in [5.74, 6) is 0.490. The van der Waals surface area contributed by atoms with Gasteiger partial charge in [0.1, 0.15) is 0 Å². The largest absolute Gasteiger partial charge is 0.299 e. The van der Waals surface area contributed by atoms with Gasteiger partial charge < -0.3 is 0 Å². The van der Waals surface area contributed by atoms with Crippen molar-refractivity contribution in [2.75, 3.05) is 13.1 Å². The van der Waals surface area contributed by atoms with Gasteiger partial charge in [0.05, 0.1) is 32.4 Å². The molecule has 1 aliphatic rings. The van der Waals surface area contributed by atoms with Crippen molar-refractivity contribution >= 4 is 34.5 Å². The third-order valence-corrected chi connectivity index (χ3v) is 6.95. The van der Waals surface area contributed by atoms with Crippen molar-refractivity contribution < 1.29 is 0 Å². The van der Waals surface area contributed by atoms with Gasteiger partial charge in [0.2, 0.25) is 0 Å². The molecule has 0 amide bonds. The first kappa shape index (κ1) is 19.4. The summed E-state index contributed by atoms with van der Waals surface area (Å²) < 4.78 is 0. The fourth-order valence-electron chi connectivity index (χ4n) is 3.61. The van der Waals surface area contributed by atoms with Gasteiger partial charge in [0.15, 0.2) is 0 Å². The maximum Gasteiger partial charge on any atom is 0.0995 e. The van der Waals surface area contributed by atoms with E-state index in [0.29, 0.717) is 16.0 Å². The molecule has 0 unspecified atom stereocenters. The van der Waals surface area contributed by atoms with Crippen molar-refractivity contribution in [2.45, 2.75) is 25.3 Å². The second-order valence-corrected chi connectivity index (χ2v) is 8.72. The topological polar surface area (TPSA) is 39.9 Å². The van der Waals surface area contributed by atoms with E-state index >= 15 is 0 Å². The minimum atomic E-state index is 0.490. The summed E-state index contributed by atoms with van der Waals surface area (Å²) in [6.07, 6.45) is 2.17. The molecule has 0 radical (unpaired) electrons. The summed E-state index contributed by atoms with van der Waals surface area (Å²) >= 11 is 13.9. The molecule has 2 aromatic carbocycles. The highest BCUT2D eigenvalue weighted by atomic mass is 35.5. The zero-order valence-electron chi connectivity index (χ0n) is 15.2. The van der Waals surface area contributed by atoms with Crippen LogP contribution in [0.4, 0.5) is 0 Å². The lowest BCUT2D eigenvalue weighted by Crippen LogP contribution is -2.32. The number of aromatic nitrogens is 1. The number of rotatable bonds is 4. The van der Waals surface area contributed by atoms with Gasteiger partial charge >= 0.3 is 0 Å². The van der Waals surface area contributed by atoms with Crippen LogP contribution < -0.4 is 0 Å². The number of hydrogen-bond donors (Lipinski definition) is 0. The van der Waals surface area contributed by atoms with Crippen LogP contribution in [0.15, 0.2) is 47.8 Å². The van der Waals surface area contributed by atoms with E-state index in [4.69, 9.17) is 28.2 Å². The normalized spacial score (nSPS) is 15.5. The summed E-state index contributed by atoms with van der Waals surface area (Å²) in [5, 5.41) is 13.7. The zero-order valence-corrected chi connectivity index (χ0v) is 17.6. The SMILES string of the molecule is N#Cc1ccccc1CN1CCC(c2nc(-c3ccc(Cl)c(Cl)c3)cs2)CC1. The van der Waals surface area contributed by atoms with Crippen LogP contribution in [0.5, 0.6) is 0 Å². The van der Waals surface area contributed by atoms with Gasteiger partial charge in [-0.3, -0.25) is 4.90 Å². The molecule has 3 aromatic rings. The van der Waals surface area contributed by atoms with Crippen molar-refractivity contribution in [3.05, 3.63) is 74.0 Å². The van der Waals surface area contributed by atoms with Gasteiger partial charge in [-0.1, -0.05) is 47.5 Å². The highest BCUT2D eigenvalue weighted by molar-refractivity contribution is 7.10. The molecular formula is C22H19Cl2N3S. The molecule has 0 saturated carbocycles. The fraction of sp³-hybridized carbons (Fsp3) is 0.273. The van der Waals surface area contributed by atoms with Crippen molar-refractivity contribution in [2.24, 2.45) is 0 Å². The summed E-state index contributed by atoms with van der Waals surface area (Å²) in [7, 11) is 0. The maximum atomic E-state index is 9.28. The monoisotopic (exact) mass is 427 g/mol. The van der Waals surface area contributed by atoms with Crippen LogP contribution in [0.3, 0.4) is 0 Å². The molecule has 0 N–H and O–H groups in total. The molecule has 1 aromatic heterocycles. The average molecular weight is 428 g/mol. The average Bonchev–Trinajstić information content (AvgIpc) is 3.21. The molecule has 1 fully saturated rings. The minimum absolute atomic E-state index is 0.490. The predicted octanol–water partition coefficient (Wildman–Crippen LogP) is 6.37. The minimum Gasteiger partial charge on any atom is -0.299 e. The van der Waals surface area contributed by atoms with Crippen LogP contribution in [0.25, 0.3) is 11.3 Å². The molecule has 1 saturated heterocycles. The van der Waals surface area contributed by atoms with Crippen LogP contribution in [-0.2, 0) is 6.54 Å². The van der Waals surface area contributed by atoms with Crippen molar-refractivity contribution in [1.82, 2.24) is 9.88 Å². The number of nitriles is 1. The fourth-order valence-corrected chi connectivity index (χ4v) is 4.91. The second kappa shape index (κ2) is 8.63. The Bertz CT molecular complexity index is 1020. The zero-order chi connectivity index (χ0) is 19.5. The molecule has 1 aliphatic heterocycles. The first-order chi connectivity index (χ1) is 13.6. The highest BCUT2D eigenvalue weighted by Gasteiger charge is 2.23. The van der Waals surface area contributed by atoms with Gasteiger partial charge in [-0.2, -0.15) is 5.26 Å². The van der Waals surface area contributed by atoms with Crippen LogP contribution in [0.2, 0.25) is 10.0 Å². The van der Waals surface area contributed by atoms with Gasteiger partial charge in [0, 0.05) is 23.4 Å². The number of thiazole rings is 1. The Kier molecular flexibility index (Phi) is 5.99. The molecule has 6 heteroatoms. The van der Waals surface area contributed by atoms with Gasteiger partial charge in [-0.05, 0) is 49.7 Å². The summed E-state index contributed by atoms with van der Waals surface area (Å²) in [6, 6.07) is 15.8. The standard InChI is InChI=1S/C22H19Cl2N3S/c23-19-6-5-16(11-20(19)24)21-14-28-22(26-21)15-7-9-27(10-8-15)13-18-4-2-1-3-17(18)12-25/h1-6,11,14-15H,7-10,13H2. The number of likely N-dealkylation sites (tertiary alicyclic amines) is 1. The van der Waals surface area contributed by atoms with E-state index in [1.165, 1.54) is 5.01 Å². The van der Waals surface area contributed by atoms with Gasteiger partial charge in [0.25, 0.3) is 0 Å². The Morgan fingerprint density at radius 1 is 1.11 bits per heavy atom. The molecule has 2 heterocycles. The molecule has 142 valence electrons. The molecule has 0 spiro atoms. The molecule has 0 aliphatic carbocycles. The first-order valence-corrected chi connectivity index (χ1v) is 10.9. The van der Waals surface area contributed by atoms with E-state index in [1.54, 1.807) is 11.3 Å². The van der Waals surface area contributed by atoms with Gasteiger partial charge in [-0.25, -0.2) is 4.98 Å². The molecule has 4 rings (SSSR count). The summed E-state index contributed by atoms with van der Waals surface area (Å²) in [5.41, 5.74) is 3.85. The molecule has 28 heavy (non-hydrogen) atoms. The first-order valence-electron chi connectivity index (χ1n) is 9.25. The van der Waals surface area contributed by atoms with E-state index < -0.39 is 0 Å². The lowest BCUT2D eigenvalue weighted by Gasteiger charge is -2.31. The Morgan fingerprint density at radius 2 is 1.89 bits per heavy atom. The Morgan fingerprint density at radius 3 is 2.64 bits per heavy atom. The Labute approximate surface area is 179 Å². The lowest BCUT2D eigenvalue weighted by molar-refractivity contribution is 0.204. The summed E-state index contributed by atoms with van der Waals surface area (Å²) in [6.45, 7) is 2.88. The summed E-state index contributed by atoms with van der Waals surface area (Å²) in [4.78, 5) is 7.30. The maximum absolute atomic E-state index is 9.28. The predicted molar refractivity (Wildman–Crippen MR) is 116 cm³/mol. The number of nitrogens with zero attached hydrogens (tertiary/aromatic N) is 3. The molecule has 3 nitrogen and oxygen atoms in total. The molecule has 0 bridgehead atoms. The number of halogens is 2. The smallest absolute Gasteiger partial charge is 0.0995 e. The van der Waals surface area contributed by atoms with E-state index in [-0.39, 0.29) is 0 Å². The second-order valence-electron chi connectivity index (χ2n) is 7.02. The highest BCUT2D eigenvalue weighted by Crippen LogP contribution is 2.35. The van der Waals surface area contributed by atoms with E-state index in [2.05, 4.69) is 22.4 Å². The van der Waals surface area contributed by atoms with Crippen molar-refractivity contribution in [3.63, 3.8) is 0 Å². The number of benzene rings is 2. The van der Waals surface area contributed by atoms with Crippen LogP contribution in [0.1, 0.15) is 34.9 Å². The van der Waals surface area contributed by atoms with E-state index in [1.807, 2.05) is 36.4 Å². The lowest BCUT2D eigenvalue weighted by atomic mass is 9.96. The Balaban J connectivity index is 1.40. The van der Waals surface area contributed by atoms with E-state index in [9.17, 15) is 5.26 Å². The quantitative estimate of drug-likeness (QED) is 0.485. The third kappa shape index (κ3) is 4.24. The van der Waals surface area contributed by atoms with Crippen molar-refractivity contribution in [3.8, 4) is 17.3 Å². The van der Waals surface area contributed by atoms with Crippen LogP contribution >= 0.6 is 34.5 Å².